The van der Waals surface area contributed by atoms with Gasteiger partial charge in [-0.05, 0) is 31.2 Å². The molecule has 8 nitrogen and oxygen atoms in total. The minimum atomic E-state index is -5.33. The van der Waals surface area contributed by atoms with Crippen LogP contribution in [-0.4, -0.2) is 44.0 Å². The summed E-state index contributed by atoms with van der Waals surface area (Å²) < 4.78 is 50.1. The quantitative estimate of drug-likeness (QED) is 0.505. The number of carbonyl (C=O) groups is 3. The van der Waals surface area contributed by atoms with Crippen molar-refractivity contribution in [2.24, 2.45) is 5.73 Å². The smallest absolute Gasteiger partial charge is 0.442 e. The second-order valence-corrected chi connectivity index (χ2v) is 6.87. The van der Waals surface area contributed by atoms with Gasteiger partial charge in [-0.25, -0.2) is 9.59 Å². The minimum Gasteiger partial charge on any atom is -0.466 e. The van der Waals surface area contributed by atoms with Gasteiger partial charge in [-0.1, -0.05) is 0 Å². The molecule has 0 bridgehead atoms. The molecule has 1 heterocycles. The first kappa shape index (κ1) is 20.8. The molecule has 150 valence electrons. The van der Waals surface area contributed by atoms with Crippen LogP contribution in [0.5, 0.6) is 0 Å². The molecule has 0 aliphatic heterocycles. The highest BCUT2D eigenvalue weighted by Crippen LogP contribution is 2.41. The number of alkyl halides is 3. The van der Waals surface area contributed by atoms with Gasteiger partial charge in [0, 0.05) is 4.88 Å². The molecule has 2 rings (SSSR count). The molecular weight excluding hydrogens is 391 g/mol. The van der Waals surface area contributed by atoms with Gasteiger partial charge < -0.3 is 20.5 Å². The summed E-state index contributed by atoms with van der Waals surface area (Å²) in [5.74, 6) is -2.77. The van der Waals surface area contributed by atoms with Crippen LogP contribution in [0.3, 0.4) is 0 Å². The molecule has 27 heavy (non-hydrogen) atoms. The number of esters is 1. The van der Waals surface area contributed by atoms with Crippen molar-refractivity contribution >= 4 is 34.3 Å². The zero-order chi connectivity index (χ0) is 20.4. The van der Waals surface area contributed by atoms with Crippen molar-refractivity contribution < 1.29 is 37.0 Å². The van der Waals surface area contributed by atoms with Gasteiger partial charge in [-0.15, -0.1) is 11.3 Å². The van der Waals surface area contributed by atoms with E-state index in [-0.39, 0.29) is 10.6 Å². The Morgan fingerprint density at radius 3 is 2.26 bits per heavy atom. The lowest BCUT2D eigenvalue weighted by molar-refractivity contribution is -0.203. The van der Waals surface area contributed by atoms with E-state index in [1.165, 1.54) is 5.32 Å². The van der Waals surface area contributed by atoms with Crippen molar-refractivity contribution in [1.29, 1.82) is 0 Å². The van der Waals surface area contributed by atoms with E-state index in [0.29, 0.717) is 23.3 Å². The van der Waals surface area contributed by atoms with Crippen LogP contribution in [-0.2, 0) is 27.1 Å². The van der Waals surface area contributed by atoms with Gasteiger partial charge in [0.15, 0.2) is 0 Å². The SMILES string of the molecule is COC(=O)N[C@@](Nc1sc2c(c1C(N)=O)CCCC2)(C(=O)OC)C(F)(F)F. The third-order valence-corrected chi connectivity index (χ3v) is 5.32. The molecule has 1 aromatic heterocycles. The number of alkyl carbamates (subject to hydrolysis) is 1. The van der Waals surface area contributed by atoms with Gasteiger partial charge in [-0.3, -0.25) is 10.1 Å². The summed E-state index contributed by atoms with van der Waals surface area (Å²) in [6.07, 6.45) is -4.23. The monoisotopic (exact) mass is 409 g/mol. The lowest BCUT2D eigenvalue weighted by atomic mass is 9.95. The topological polar surface area (TPSA) is 120 Å². The van der Waals surface area contributed by atoms with Crippen molar-refractivity contribution in [3.05, 3.63) is 16.0 Å². The first-order chi connectivity index (χ1) is 12.6. The number of nitrogens with one attached hydrogen (secondary N) is 2. The summed E-state index contributed by atoms with van der Waals surface area (Å²) in [7, 11) is 1.57. The predicted molar refractivity (Wildman–Crippen MR) is 89.4 cm³/mol. The number of anilines is 1. The zero-order valence-electron chi connectivity index (χ0n) is 14.5. The molecule has 0 saturated heterocycles. The van der Waals surface area contributed by atoms with E-state index in [1.54, 1.807) is 0 Å². The molecule has 0 aromatic carbocycles. The summed E-state index contributed by atoms with van der Waals surface area (Å²) in [5.41, 5.74) is 2.13. The Labute approximate surface area is 156 Å². The Bertz CT molecular complexity index is 765. The Balaban J connectivity index is 2.62. The van der Waals surface area contributed by atoms with E-state index < -0.39 is 29.8 Å². The number of hydrogen-bond acceptors (Lipinski definition) is 7. The number of nitrogens with two attached hydrogens (primary N) is 1. The molecule has 1 aliphatic rings. The van der Waals surface area contributed by atoms with Crippen LogP contribution in [0.15, 0.2) is 0 Å². The first-order valence-corrected chi connectivity index (χ1v) is 8.62. The van der Waals surface area contributed by atoms with Gasteiger partial charge in [0.2, 0.25) is 0 Å². The van der Waals surface area contributed by atoms with E-state index in [1.807, 2.05) is 5.32 Å². The zero-order valence-corrected chi connectivity index (χ0v) is 15.3. The highest BCUT2D eigenvalue weighted by atomic mass is 32.1. The fraction of sp³-hybridized carbons (Fsp3) is 0.533. The second kappa shape index (κ2) is 7.62. The molecule has 1 aliphatic carbocycles. The summed E-state index contributed by atoms with van der Waals surface area (Å²) in [6.45, 7) is 0. The van der Waals surface area contributed by atoms with Gasteiger partial charge in [-0.2, -0.15) is 13.2 Å². The average molecular weight is 409 g/mol. The largest absolute Gasteiger partial charge is 0.466 e. The molecule has 1 atom stereocenters. The predicted octanol–water partition coefficient (Wildman–Crippen LogP) is 1.93. The summed E-state index contributed by atoms with van der Waals surface area (Å²) in [6, 6.07) is 0. The van der Waals surface area contributed by atoms with Crippen LogP contribution in [0, 0.1) is 0 Å². The highest BCUT2D eigenvalue weighted by Gasteiger charge is 2.64. The Morgan fingerprint density at radius 2 is 1.74 bits per heavy atom. The number of aryl methyl sites for hydroxylation is 1. The standard InChI is InChI=1S/C15H18F3N3O5S/c1-25-12(23)14(15(16,17)18,21-13(24)26-2)20-11-9(10(19)22)7-5-3-4-6-8(7)27-11/h20H,3-6H2,1-2H3,(H2,19,22)(H,21,24)/t14-/m0/s1. The van der Waals surface area contributed by atoms with Crippen LogP contribution in [0.2, 0.25) is 0 Å². The summed E-state index contributed by atoms with van der Waals surface area (Å²) in [4.78, 5) is 36.2. The molecule has 0 spiro atoms. The average Bonchev–Trinajstić information content (AvgIpc) is 2.96. The Hall–Kier alpha value is -2.50. The minimum absolute atomic E-state index is 0.126. The van der Waals surface area contributed by atoms with Crippen LogP contribution in [0.25, 0.3) is 0 Å². The second-order valence-electron chi connectivity index (χ2n) is 5.76. The van der Waals surface area contributed by atoms with Gasteiger partial charge in [0.25, 0.3) is 5.91 Å². The number of hydrogen-bond donors (Lipinski definition) is 3. The van der Waals surface area contributed by atoms with Gasteiger partial charge in [0.1, 0.15) is 5.00 Å². The normalized spacial score (nSPS) is 15.9. The fourth-order valence-corrected chi connectivity index (χ4v) is 4.18. The van der Waals surface area contributed by atoms with Crippen LogP contribution < -0.4 is 16.4 Å². The third-order valence-electron chi connectivity index (χ3n) is 4.11. The lowest BCUT2D eigenvalue weighted by Crippen LogP contribution is -2.69. The van der Waals surface area contributed by atoms with E-state index in [9.17, 15) is 27.6 Å². The fourth-order valence-electron chi connectivity index (χ4n) is 2.83. The van der Waals surface area contributed by atoms with E-state index in [4.69, 9.17) is 5.73 Å². The summed E-state index contributed by atoms with van der Waals surface area (Å²) in [5, 5.41) is 3.14. The molecule has 1 aromatic rings. The number of ether oxygens (including phenoxy) is 2. The number of amides is 2. The van der Waals surface area contributed by atoms with Crippen molar-refractivity contribution in [3.8, 4) is 0 Å². The molecule has 0 saturated carbocycles. The Kier molecular flexibility index (Phi) is 5.88. The maximum absolute atomic E-state index is 13.9. The van der Waals surface area contributed by atoms with Crippen molar-refractivity contribution in [2.75, 3.05) is 19.5 Å². The van der Waals surface area contributed by atoms with Crippen LogP contribution in [0.1, 0.15) is 33.6 Å². The maximum atomic E-state index is 13.9. The lowest BCUT2D eigenvalue weighted by Gasteiger charge is -2.34. The summed E-state index contributed by atoms with van der Waals surface area (Å²) >= 11 is 0.884. The molecular formula is C15H18F3N3O5S. The number of fused-ring (bicyclic) bond motifs is 1. The highest BCUT2D eigenvalue weighted by molar-refractivity contribution is 7.16. The molecule has 4 N–H and O–H groups in total. The van der Waals surface area contributed by atoms with Gasteiger partial charge >= 0.3 is 23.9 Å². The molecule has 0 radical (unpaired) electrons. The van der Waals surface area contributed by atoms with Gasteiger partial charge in [0.05, 0.1) is 19.8 Å². The number of halogens is 3. The van der Waals surface area contributed by atoms with Crippen LogP contribution >= 0.6 is 11.3 Å². The number of carbonyl (C=O) groups excluding carboxylic acids is 3. The maximum Gasteiger partial charge on any atom is 0.442 e. The first-order valence-electron chi connectivity index (χ1n) is 7.81. The third kappa shape index (κ3) is 3.80. The van der Waals surface area contributed by atoms with E-state index in [2.05, 4.69) is 9.47 Å². The van der Waals surface area contributed by atoms with Crippen molar-refractivity contribution in [1.82, 2.24) is 5.32 Å². The molecule has 0 fully saturated rings. The number of thiophene rings is 1. The molecule has 2 amide bonds. The number of primary amides is 1. The Morgan fingerprint density at radius 1 is 1.11 bits per heavy atom. The van der Waals surface area contributed by atoms with E-state index >= 15 is 0 Å². The number of rotatable bonds is 5. The molecule has 0 unspecified atom stereocenters. The van der Waals surface area contributed by atoms with E-state index in [0.717, 1.165) is 38.4 Å². The van der Waals surface area contributed by atoms with Crippen LogP contribution in [0.4, 0.5) is 23.0 Å². The van der Waals surface area contributed by atoms with Crippen molar-refractivity contribution in [2.45, 2.75) is 37.5 Å². The number of methoxy groups -OCH3 is 2. The van der Waals surface area contributed by atoms with Crippen molar-refractivity contribution in [3.63, 3.8) is 0 Å². The molecule has 12 heteroatoms.